The summed E-state index contributed by atoms with van der Waals surface area (Å²) in [5, 5.41) is 15.4. The summed E-state index contributed by atoms with van der Waals surface area (Å²) >= 11 is 5.53. The van der Waals surface area contributed by atoms with E-state index in [4.69, 9.17) is 35.9 Å². The smallest absolute Gasteiger partial charge is 0.459 e. The van der Waals surface area contributed by atoms with Gasteiger partial charge in [0.05, 0.1) is 25.2 Å². The molecule has 13 nitrogen and oxygen atoms in total. The molecule has 4 rings (SSSR count). The first-order chi connectivity index (χ1) is 19.0. The lowest BCUT2D eigenvalue weighted by Gasteiger charge is -2.25. The summed E-state index contributed by atoms with van der Waals surface area (Å²) < 4.78 is 53.3. The first-order valence-electron chi connectivity index (χ1n) is 12.0. The van der Waals surface area contributed by atoms with E-state index in [-0.39, 0.29) is 22.9 Å². The van der Waals surface area contributed by atoms with Gasteiger partial charge in [0, 0.05) is 5.38 Å². The molecule has 2 unspecified atom stereocenters. The molecule has 0 amide bonds. The van der Waals surface area contributed by atoms with Crippen molar-refractivity contribution in [3.05, 3.63) is 42.9 Å². The average molecular weight is 597 g/mol. The molecule has 4 N–H and O–H groups in total. The number of rotatable bonds is 10. The van der Waals surface area contributed by atoms with Gasteiger partial charge in [-0.15, -0.1) is 0 Å². The summed E-state index contributed by atoms with van der Waals surface area (Å²) in [5.74, 6) is 1.49. The number of anilines is 1. The number of para-hydroxylation sites is 1. The average Bonchev–Trinajstić information content (AvgIpc) is 3.41. The molecule has 1 aliphatic rings. The van der Waals surface area contributed by atoms with E-state index in [0.29, 0.717) is 0 Å². The van der Waals surface area contributed by atoms with Gasteiger partial charge in [0.1, 0.15) is 29.5 Å². The Morgan fingerprint density at radius 1 is 1.35 bits per heavy atom. The standard InChI is InChI=1S/C24H27ClFN6O7P/c1-14(2)37-21(34)15(3)31-40(35,39-16-7-5-4-6-8-16)36-12-18-19(33)24(26,9-10-25)22(38-18)32-13-29-17-11-28-23(27)30-20(17)32/h4-8,11,13-15,18-19,22,33H,12H2,1-3H3,(H,31,35)(H2,27,28,30)/t15-,18+,19-,22+,24?,40?/m0/s1. The number of imidazole rings is 1. The number of aliphatic hydroxyl groups is 1. The Balaban J connectivity index is 1.59. The third kappa shape index (κ3) is 6.36. The number of aliphatic hydroxyl groups excluding tert-OH is 1. The van der Waals surface area contributed by atoms with Crippen molar-refractivity contribution in [2.24, 2.45) is 0 Å². The second kappa shape index (κ2) is 12.1. The van der Waals surface area contributed by atoms with Crippen LogP contribution in [0.2, 0.25) is 0 Å². The molecule has 2 aromatic heterocycles. The van der Waals surface area contributed by atoms with Crippen LogP contribution < -0.4 is 15.3 Å². The molecular formula is C24H27ClFN6O7P. The van der Waals surface area contributed by atoms with Gasteiger partial charge < -0.3 is 24.8 Å². The maximum atomic E-state index is 16.2. The first kappa shape index (κ1) is 29.7. The molecule has 6 atom stereocenters. The zero-order valence-corrected chi connectivity index (χ0v) is 23.3. The normalized spacial score (nSPS) is 24.7. The molecule has 1 fully saturated rings. The summed E-state index contributed by atoms with van der Waals surface area (Å²) in [7, 11) is -4.34. The van der Waals surface area contributed by atoms with E-state index in [2.05, 4.69) is 26.0 Å². The molecule has 0 bridgehead atoms. The van der Waals surface area contributed by atoms with Crippen LogP contribution in [0.1, 0.15) is 27.0 Å². The minimum atomic E-state index is -4.34. The van der Waals surface area contributed by atoms with Crippen LogP contribution in [0, 0.1) is 11.3 Å². The van der Waals surface area contributed by atoms with E-state index >= 15 is 4.39 Å². The Bertz CT molecular complexity index is 1470. The summed E-state index contributed by atoms with van der Waals surface area (Å²) in [6.07, 6.45) is -2.85. The quantitative estimate of drug-likeness (QED) is 0.178. The molecule has 0 aliphatic carbocycles. The van der Waals surface area contributed by atoms with Crippen LogP contribution in [0.15, 0.2) is 42.9 Å². The molecule has 0 radical (unpaired) electrons. The topological polar surface area (TPSA) is 173 Å². The van der Waals surface area contributed by atoms with E-state index in [0.717, 1.165) is 0 Å². The molecule has 3 aromatic rings. The number of nitrogens with zero attached hydrogens (tertiary/aromatic N) is 4. The molecular weight excluding hydrogens is 570 g/mol. The minimum Gasteiger partial charge on any atom is -0.462 e. The number of alkyl halides is 1. The largest absolute Gasteiger partial charge is 0.462 e. The molecule has 1 saturated heterocycles. The van der Waals surface area contributed by atoms with Gasteiger partial charge in [-0.3, -0.25) is 13.9 Å². The summed E-state index contributed by atoms with van der Waals surface area (Å²) in [5.41, 5.74) is 3.30. The van der Waals surface area contributed by atoms with Gasteiger partial charge in [0.2, 0.25) is 11.6 Å². The second-order valence-electron chi connectivity index (χ2n) is 9.08. The number of aromatic nitrogens is 4. The van der Waals surface area contributed by atoms with Gasteiger partial charge in [-0.05, 0) is 50.4 Å². The Hall–Kier alpha value is -3.31. The molecule has 0 spiro atoms. The highest BCUT2D eigenvalue weighted by Gasteiger charge is 2.58. The molecule has 0 saturated carbocycles. The molecule has 16 heteroatoms. The third-order valence-corrected chi connectivity index (χ3v) is 7.44. The van der Waals surface area contributed by atoms with Crippen LogP contribution >= 0.6 is 19.3 Å². The van der Waals surface area contributed by atoms with Crippen molar-refractivity contribution in [2.75, 3.05) is 12.3 Å². The third-order valence-electron chi connectivity index (χ3n) is 5.71. The molecule has 3 heterocycles. The molecule has 1 aliphatic heterocycles. The number of hydrogen-bond donors (Lipinski definition) is 3. The van der Waals surface area contributed by atoms with Crippen molar-refractivity contribution in [3.63, 3.8) is 0 Å². The highest BCUT2D eigenvalue weighted by atomic mass is 35.5. The number of carbonyl (C=O) groups is 1. The van der Waals surface area contributed by atoms with Crippen molar-refractivity contribution >= 4 is 42.4 Å². The zero-order valence-electron chi connectivity index (χ0n) is 21.6. The lowest BCUT2D eigenvalue weighted by atomic mass is 9.97. The number of nitrogen functional groups attached to an aromatic ring is 1. The van der Waals surface area contributed by atoms with Crippen LogP contribution in [0.4, 0.5) is 10.3 Å². The number of ether oxygens (including phenoxy) is 2. The van der Waals surface area contributed by atoms with Crippen molar-refractivity contribution in [2.45, 2.75) is 57.0 Å². The fourth-order valence-corrected chi connectivity index (χ4v) is 5.53. The Morgan fingerprint density at radius 2 is 2.08 bits per heavy atom. The Morgan fingerprint density at radius 3 is 2.75 bits per heavy atom. The first-order valence-corrected chi connectivity index (χ1v) is 14.0. The van der Waals surface area contributed by atoms with Crippen LogP contribution in [-0.2, 0) is 23.4 Å². The fourth-order valence-electron chi connectivity index (χ4n) is 3.88. The van der Waals surface area contributed by atoms with Crippen molar-refractivity contribution in [1.29, 1.82) is 0 Å². The van der Waals surface area contributed by atoms with Gasteiger partial charge in [0.25, 0.3) is 0 Å². The highest BCUT2D eigenvalue weighted by molar-refractivity contribution is 7.52. The van der Waals surface area contributed by atoms with Crippen molar-refractivity contribution < 1.29 is 37.4 Å². The Kier molecular flexibility index (Phi) is 8.94. The number of halogens is 2. The second-order valence-corrected chi connectivity index (χ2v) is 11.0. The van der Waals surface area contributed by atoms with Crippen molar-refractivity contribution in [3.8, 4) is 17.0 Å². The lowest BCUT2D eigenvalue weighted by molar-refractivity contribution is -0.149. The zero-order chi connectivity index (χ0) is 29.1. The predicted octanol–water partition coefficient (Wildman–Crippen LogP) is 2.71. The minimum absolute atomic E-state index is 0.101. The Labute approximate surface area is 233 Å². The molecule has 40 heavy (non-hydrogen) atoms. The van der Waals surface area contributed by atoms with Crippen LogP contribution in [0.25, 0.3) is 11.2 Å². The molecule has 1 aromatic carbocycles. The van der Waals surface area contributed by atoms with Crippen LogP contribution in [-0.4, -0.2) is 67.2 Å². The summed E-state index contributed by atoms with van der Waals surface area (Å²) in [6, 6.07) is 6.91. The van der Waals surface area contributed by atoms with Crippen molar-refractivity contribution in [1.82, 2.24) is 24.6 Å². The van der Waals surface area contributed by atoms with E-state index in [1.807, 2.05) is 5.38 Å². The molecule has 214 valence electrons. The number of esters is 1. The number of fused-ring (bicyclic) bond motifs is 1. The van der Waals surface area contributed by atoms with Crippen LogP contribution in [0.3, 0.4) is 0 Å². The van der Waals surface area contributed by atoms with E-state index < -0.39 is 56.6 Å². The highest BCUT2D eigenvalue weighted by Crippen LogP contribution is 2.48. The van der Waals surface area contributed by atoms with E-state index in [1.54, 1.807) is 32.0 Å². The van der Waals surface area contributed by atoms with Gasteiger partial charge in [-0.25, -0.2) is 18.9 Å². The van der Waals surface area contributed by atoms with E-state index in [9.17, 15) is 14.5 Å². The number of carbonyl (C=O) groups excluding carboxylic acids is 1. The predicted molar refractivity (Wildman–Crippen MR) is 142 cm³/mol. The maximum absolute atomic E-state index is 16.2. The number of benzene rings is 1. The monoisotopic (exact) mass is 596 g/mol. The fraction of sp³-hybridized carbons (Fsp3) is 0.417. The summed E-state index contributed by atoms with van der Waals surface area (Å²) in [4.78, 5) is 24.4. The van der Waals surface area contributed by atoms with Gasteiger partial charge in [-0.2, -0.15) is 10.1 Å². The van der Waals surface area contributed by atoms with Crippen LogP contribution in [0.5, 0.6) is 5.75 Å². The lowest BCUT2D eigenvalue weighted by Crippen LogP contribution is -2.42. The SMILES string of the molecule is CC(C)OC(=O)[C@H](C)NP(=O)(OC[C@H]1O[C@@H](n2cnc3cnc(N)nc32)C(F)(C#CCl)[C@H]1O)Oc1ccccc1. The van der Waals surface area contributed by atoms with Gasteiger partial charge >= 0.3 is 13.7 Å². The van der Waals surface area contributed by atoms with E-state index in [1.165, 1.54) is 36.1 Å². The number of nitrogens with one attached hydrogen (secondary N) is 1. The number of hydrogen-bond acceptors (Lipinski definition) is 11. The van der Waals surface area contributed by atoms with Gasteiger partial charge in [0.15, 0.2) is 11.9 Å². The maximum Gasteiger partial charge on any atom is 0.459 e. The summed E-state index contributed by atoms with van der Waals surface area (Å²) in [6.45, 7) is 4.08. The van der Waals surface area contributed by atoms with Gasteiger partial charge in [-0.1, -0.05) is 18.2 Å². The number of nitrogens with two attached hydrogens (primary N) is 1.